The third-order valence-corrected chi connectivity index (χ3v) is 6.15. The molecule has 170 valence electrons. The molecule has 1 atom stereocenters. The van der Waals surface area contributed by atoms with Crippen LogP contribution in [-0.4, -0.2) is 65.4 Å². The predicted octanol–water partition coefficient (Wildman–Crippen LogP) is 2.21. The number of ether oxygens (including phenoxy) is 1. The molecule has 0 spiro atoms. The molecule has 9 nitrogen and oxygen atoms in total. The molecular weight excluding hydrogens is 408 g/mol. The Kier molecular flexibility index (Phi) is 6.55. The SMILES string of the molecule is CNc1nc([C@H]2CCCN2CC(=O)Nc2ccc(OC)cc2)nc2c1CCN(C(C)=O)C2. The number of benzene rings is 1. The average molecular weight is 439 g/mol. The number of rotatable bonds is 6. The van der Waals surface area contributed by atoms with Crippen molar-refractivity contribution >= 4 is 23.3 Å². The van der Waals surface area contributed by atoms with Gasteiger partial charge in [0.05, 0.1) is 31.9 Å². The van der Waals surface area contributed by atoms with Crippen LogP contribution in [0.1, 0.15) is 42.9 Å². The first kappa shape index (κ1) is 22.0. The molecule has 0 aliphatic carbocycles. The fourth-order valence-corrected chi connectivity index (χ4v) is 4.44. The molecule has 1 saturated heterocycles. The minimum atomic E-state index is -0.0726. The Balaban J connectivity index is 1.49. The van der Waals surface area contributed by atoms with Gasteiger partial charge >= 0.3 is 0 Å². The van der Waals surface area contributed by atoms with E-state index in [1.54, 1.807) is 14.0 Å². The summed E-state index contributed by atoms with van der Waals surface area (Å²) < 4.78 is 5.16. The zero-order valence-electron chi connectivity index (χ0n) is 18.9. The van der Waals surface area contributed by atoms with E-state index in [1.165, 1.54) is 0 Å². The Morgan fingerprint density at radius 2 is 1.97 bits per heavy atom. The van der Waals surface area contributed by atoms with Gasteiger partial charge in [-0.25, -0.2) is 9.97 Å². The van der Waals surface area contributed by atoms with Crippen LogP contribution in [0.3, 0.4) is 0 Å². The van der Waals surface area contributed by atoms with Gasteiger partial charge < -0.3 is 20.3 Å². The maximum atomic E-state index is 12.7. The highest BCUT2D eigenvalue weighted by atomic mass is 16.5. The second kappa shape index (κ2) is 9.52. The molecule has 0 bridgehead atoms. The smallest absolute Gasteiger partial charge is 0.238 e. The van der Waals surface area contributed by atoms with Crippen molar-refractivity contribution in [1.82, 2.24) is 19.8 Å². The van der Waals surface area contributed by atoms with Crippen molar-refractivity contribution in [2.45, 2.75) is 38.8 Å². The Morgan fingerprint density at radius 3 is 2.66 bits per heavy atom. The van der Waals surface area contributed by atoms with E-state index in [0.29, 0.717) is 18.9 Å². The van der Waals surface area contributed by atoms with Gasteiger partial charge in [0.2, 0.25) is 11.8 Å². The lowest BCUT2D eigenvalue weighted by molar-refractivity contribution is -0.129. The monoisotopic (exact) mass is 438 g/mol. The van der Waals surface area contributed by atoms with E-state index >= 15 is 0 Å². The first-order valence-electron chi connectivity index (χ1n) is 11.0. The summed E-state index contributed by atoms with van der Waals surface area (Å²) in [6.07, 6.45) is 2.62. The first-order valence-corrected chi connectivity index (χ1v) is 11.0. The summed E-state index contributed by atoms with van der Waals surface area (Å²) in [6.45, 7) is 3.85. The minimum Gasteiger partial charge on any atom is -0.497 e. The summed E-state index contributed by atoms with van der Waals surface area (Å²) in [6, 6.07) is 7.26. The molecule has 2 aromatic rings. The van der Waals surface area contributed by atoms with Crippen LogP contribution < -0.4 is 15.4 Å². The van der Waals surface area contributed by atoms with Crippen LogP contribution in [0, 0.1) is 0 Å². The van der Waals surface area contributed by atoms with Gasteiger partial charge in [-0.15, -0.1) is 0 Å². The number of carbonyl (C=O) groups is 2. The molecule has 4 rings (SSSR count). The predicted molar refractivity (Wildman–Crippen MR) is 122 cm³/mol. The molecule has 0 radical (unpaired) electrons. The highest BCUT2D eigenvalue weighted by Gasteiger charge is 2.32. The number of amides is 2. The molecular formula is C23H30N6O3. The molecule has 32 heavy (non-hydrogen) atoms. The van der Waals surface area contributed by atoms with Crippen LogP contribution in [-0.2, 0) is 22.6 Å². The van der Waals surface area contributed by atoms with E-state index in [-0.39, 0.29) is 24.4 Å². The van der Waals surface area contributed by atoms with Crippen LogP contribution in [0.5, 0.6) is 5.75 Å². The third kappa shape index (κ3) is 4.67. The zero-order valence-corrected chi connectivity index (χ0v) is 18.9. The largest absolute Gasteiger partial charge is 0.497 e. The molecule has 9 heteroatoms. The molecule has 0 unspecified atom stereocenters. The van der Waals surface area contributed by atoms with Crippen LogP contribution in [0.4, 0.5) is 11.5 Å². The third-order valence-electron chi connectivity index (χ3n) is 6.15. The Morgan fingerprint density at radius 1 is 1.19 bits per heavy atom. The summed E-state index contributed by atoms with van der Waals surface area (Å²) in [7, 11) is 3.47. The molecule has 3 heterocycles. The standard InChI is InChI=1S/C23H30N6O3/c1-15(30)28-12-10-18-19(13-28)26-23(27-22(18)24-2)20-5-4-11-29(20)14-21(31)25-16-6-8-17(32-3)9-7-16/h6-9,20H,4-5,10-14H2,1-3H3,(H,25,31)(H,24,26,27)/t20-/m1/s1. The van der Waals surface area contributed by atoms with Crippen molar-refractivity contribution in [3.63, 3.8) is 0 Å². The first-order chi connectivity index (χ1) is 15.5. The lowest BCUT2D eigenvalue weighted by Gasteiger charge is -2.30. The quantitative estimate of drug-likeness (QED) is 0.713. The Bertz CT molecular complexity index is 994. The lowest BCUT2D eigenvalue weighted by Crippen LogP contribution is -2.37. The van der Waals surface area contributed by atoms with Crippen molar-refractivity contribution in [3.8, 4) is 5.75 Å². The number of nitrogens with zero attached hydrogens (tertiary/aromatic N) is 4. The second-order valence-corrected chi connectivity index (χ2v) is 8.20. The molecule has 2 aliphatic rings. The minimum absolute atomic E-state index is 0.0262. The fraction of sp³-hybridized carbons (Fsp3) is 0.478. The number of hydrogen-bond acceptors (Lipinski definition) is 7. The van der Waals surface area contributed by atoms with Gasteiger partial charge in [-0.2, -0.15) is 0 Å². The van der Waals surface area contributed by atoms with Crippen molar-refractivity contribution in [3.05, 3.63) is 41.3 Å². The maximum absolute atomic E-state index is 12.7. The number of carbonyl (C=O) groups excluding carboxylic acids is 2. The summed E-state index contributed by atoms with van der Waals surface area (Å²) in [5.74, 6) is 2.27. The average Bonchev–Trinajstić information content (AvgIpc) is 3.26. The summed E-state index contributed by atoms with van der Waals surface area (Å²) in [4.78, 5) is 38.2. The maximum Gasteiger partial charge on any atom is 0.238 e. The molecule has 2 aliphatic heterocycles. The van der Waals surface area contributed by atoms with E-state index in [1.807, 2.05) is 36.2 Å². The van der Waals surface area contributed by atoms with Crippen LogP contribution in [0.2, 0.25) is 0 Å². The topological polar surface area (TPSA) is 99.7 Å². The van der Waals surface area contributed by atoms with Gasteiger partial charge in [0, 0.05) is 31.8 Å². The van der Waals surface area contributed by atoms with Gasteiger partial charge in [-0.05, 0) is 50.1 Å². The summed E-state index contributed by atoms with van der Waals surface area (Å²) in [5, 5.41) is 6.15. The highest BCUT2D eigenvalue weighted by molar-refractivity contribution is 5.92. The zero-order chi connectivity index (χ0) is 22.7. The lowest BCUT2D eigenvalue weighted by atomic mass is 10.0. The van der Waals surface area contributed by atoms with Gasteiger partial charge in [0.15, 0.2) is 0 Å². The number of likely N-dealkylation sites (tertiary alicyclic amines) is 1. The van der Waals surface area contributed by atoms with Gasteiger partial charge in [0.25, 0.3) is 0 Å². The normalized spacial score (nSPS) is 18.2. The van der Waals surface area contributed by atoms with Gasteiger partial charge in [-0.1, -0.05) is 0 Å². The number of nitrogens with one attached hydrogen (secondary N) is 2. The molecule has 1 aromatic carbocycles. The number of hydrogen-bond donors (Lipinski definition) is 2. The Hall–Kier alpha value is -3.20. The molecule has 1 aromatic heterocycles. The van der Waals surface area contributed by atoms with E-state index in [4.69, 9.17) is 14.7 Å². The van der Waals surface area contributed by atoms with Gasteiger partial charge in [0.1, 0.15) is 17.4 Å². The van der Waals surface area contributed by atoms with Crippen molar-refractivity contribution in [1.29, 1.82) is 0 Å². The van der Waals surface area contributed by atoms with Crippen LogP contribution in [0.15, 0.2) is 24.3 Å². The highest BCUT2D eigenvalue weighted by Crippen LogP contribution is 2.33. The van der Waals surface area contributed by atoms with Crippen molar-refractivity contribution in [2.24, 2.45) is 0 Å². The number of aromatic nitrogens is 2. The van der Waals surface area contributed by atoms with Crippen molar-refractivity contribution in [2.75, 3.05) is 44.4 Å². The van der Waals surface area contributed by atoms with Gasteiger partial charge in [-0.3, -0.25) is 14.5 Å². The van der Waals surface area contributed by atoms with E-state index in [9.17, 15) is 9.59 Å². The number of fused-ring (bicyclic) bond motifs is 1. The van der Waals surface area contributed by atoms with E-state index < -0.39 is 0 Å². The molecule has 2 N–H and O–H groups in total. The van der Waals surface area contributed by atoms with Crippen molar-refractivity contribution < 1.29 is 14.3 Å². The molecule has 1 fully saturated rings. The Labute approximate surface area is 188 Å². The second-order valence-electron chi connectivity index (χ2n) is 8.20. The summed E-state index contributed by atoms with van der Waals surface area (Å²) >= 11 is 0. The summed E-state index contributed by atoms with van der Waals surface area (Å²) in [5.41, 5.74) is 2.71. The van der Waals surface area contributed by atoms with Crippen LogP contribution >= 0.6 is 0 Å². The number of anilines is 2. The van der Waals surface area contributed by atoms with Crippen LogP contribution in [0.25, 0.3) is 0 Å². The number of methoxy groups -OCH3 is 1. The molecule has 2 amide bonds. The molecule has 0 saturated carbocycles. The fourth-order valence-electron chi connectivity index (χ4n) is 4.44. The van der Waals surface area contributed by atoms with E-state index in [2.05, 4.69) is 15.5 Å². The van der Waals surface area contributed by atoms with E-state index in [0.717, 1.165) is 54.3 Å².